The topological polar surface area (TPSA) is 4.93 Å². The maximum atomic E-state index is 2.46. The Morgan fingerprint density at radius 3 is 1.71 bits per heavy atom. The second-order valence-electron chi connectivity index (χ2n) is 13.3. The first-order chi connectivity index (χ1) is 25.3. The Kier molecular flexibility index (Phi) is 6.36. The Morgan fingerprint density at radius 1 is 0.333 bits per heavy atom. The lowest BCUT2D eigenvalue weighted by atomic mass is 9.98. The van der Waals surface area contributed by atoms with E-state index in [0.29, 0.717) is 0 Å². The van der Waals surface area contributed by atoms with Crippen molar-refractivity contribution in [1.82, 2.24) is 4.57 Å². The van der Waals surface area contributed by atoms with Crippen LogP contribution in [0.5, 0.6) is 0 Å². The van der Waals surface area contributed by atoms with E-state index in [1.165, 1.54) is 95.5 Å². The molecule has 0 aliphatic carbocycles. The minimum absolute atomic E-state index is 1.16. The number of aromatic nitrogens is 1. The van der Waals surface area contributed by atoms with Crippen molar-refractivity contribution in [2.24, 2.45) is 0 Å². The van der Waals surface area contributed by atoms with E-state index < -0.39 is 0 Å². The zero-order chi connectivity index (χ0) is 33.5. The zero-order valence-corrected chi connectivity index (χ0v) is 29.1. The molecule has 0 N–H and O–H groups in total. The summed E-state index contributed by atoms with van der Waals surface area (Å²) in [6, 6.07) is 64.8. The van der Waals surface area contributed by atoms with Crippen LogP contribution in [0.3, 0.4) is 0 Å². The van der Waals surface area contributed by atoms with Crippen molar-refractivity contribution in [1.29, 1.82) is 0 Å². The standard InChI is InChI=1S/C48H29NS2/c1-2-10-30(11-3-1)31-20-24-34(25-21-31)49-43-18-6-4-12-35(43)37-14-8-15-38(47(37)49)39-16-9-17-40-42-29-33(23-27-46(42)51-48(39)40)32-22-26-45-41(28-32)36-13-5-7-19-44(36)50-45/h1-29H. The molecule has 1 nitrogen and oxygen atoms in total. The second kappa shape index (κ2) is 11.3. The molecule has 0 aliphatic heterocycles. The highest BCUT2D eigenvalue weighted by Gasteiger charge is 2.19. The Labute approximate surface area is 302 Å². The van der Waals surface area contributed by atoms with Gasteiger partial charge in [0.25, 0.3) is 0 Å². The summed E-state index contributed by atoms with van der Waals surface area (Å²) < 4.78 is 7.78. The molecule has 3 heteroatoms. The first-order valence-electron chi connectivity index (χ1n) is 17.3. The first kappa shape index (κ1) is 28.8. The minimum atomic E-state index is 1.16. The number of rotatable bonds is 4. The predicted molar refractivity (Wildman–Crippen MR) is 223 cm³/mol. The summed E-state index contributed by atoms with van der Waals surface area (Å²) in [4.78, 5) is 0. The third-order valence-corrected chi connectivity index (χ3v) is 12.8. The van der Waals surface area contributed by atoms with Crippen molar-refractivity contribution >= 4 is 84.8 Å². The molecule has 0 fully saturated rings. The molecule has 0 radical (unpaired) electrons. The van der Waals surface area contributed by atoms with Crippen LogP contribution in [0, 0.1) is 0 Å². The van der Waals surface area contributed by atoms with Crippen LogP contribution in [0.15, 0.2) is 176 Å². The van der Waals surface area contributed by atoms with Crippen molar-refractivity contribution < 1.29 is 0 Å². The van der Waals surface area contributed by atoms with Gasteiger partial charge in [0.05, 0.1) is 11.0 Å². The minimum Gasteiger partial charge on any atom is -0.309 e. The van der Waals surface area contributed by atoms with Crippen LogP contribution in [0.1, 0.15) is 0 Å². The van der Waals surface area contributed by atoms with Gasteiger partial charge in [-0.05, 0) is 70.8 Å². The SMILES string of the molecule is c1ccc(-c2ccc(-n3c4ccccc4c4cccc(-c5cccc6c5sc5ccc(-c7ccc8sc9ccccc9c8c7)cc56)c43)cc2)cc1. The molecule has 0 atom stereocenters. The van der Waals surface area contributed by atoms with E-state index in [4.69, 9.17) is 0 Å². The van der Waals surface area contributed by atoms with Crippen molar-refractivity contribution in [2.75, 3.05) is 0 Å². The molecular weight excluding hydrogens is 655 g/mol. The van der Waals surface area contributed by atoms with Crippen molar-refractivity contribution in [2.45, 2.75) is 0 Å². The Balaban J connectivity index is 1.10. The summed E-state index contributed by atoms with van der Waals surface area (Å²) in [6.45, 7) is 0. The third kappa shape index (κ3) is 4.45. The van der Waals surface area contributed by atoms with Crippen molar-refractivity contribution in [3.05, 3.63) is 176 Å². The molecular formula is C48H29NS2. The second-order valence-corrected chi connectivity index (χ2v) is 15.4. The van der Waals surface area contributed by atoms with E-state index in [9.17, 15) is 0 Å². The van der Waals surface area contributed by atoms with Crippen LogP contribution in [-0.4, -0.2) is 4.57 Å². The van der Waals surface area contributed by atoms with Gasteiger partial charge in [0, 0.05) is 67.9 Å². The lowest BCUT2D eigenvalue weighted by Gasteiger charge is -2.13. The van der Waals surface area contributed by atoms with Crippen LogP contribution in [0.25, 0.3) is 101 Å². The fraction of sp³-hybridized carbons (Fsp3) is 0. The van der Waals surface area contributed by atoms with Gasteiger partial charge in [0.2, 0.25) is 0 Å². The van der Waals surface area contributed by atoms with Gasteiger partial charge in [0.1, 0.15) is 0 Å². The van der Waals surface area contributed by atoms with Crippen LogP contribution in [0.4, 0.5) is 0 Å². The van der Waals surface area contributed by atoms with Gasteiger partial charge < -0.3 is 4.57 Å². The quantitative estimate of drug-likeness (QED) is 0.174. The van der Waals surface area contributed by atoms with E-state index in [-0.39, 0.29) is 0 Å². The largest absolute Gasteiger partial charge is 0.309 e. The smallest absolute Gasteiger partial charge is 0.0619 e. The molecule has 238 valence electrons. The normalized spacial score (nSPS) is 11.9. The maximum Gasteiger partial charge on any atom is 0.0619 e. The van der Waals surface area contributed by atoms with E-state index in [1.807, 2.05) is 22.7 Å². The van der Waals surface area contributed by atoms with Gasteiger partial charge in [-0.3, -0.25) is 0 Å². The summed E-state index contributed by atoms with van der Waals surface area (Å²) in [7, 11) is 0. The molecule has 0 spiro atoms. The fourth-order valence-electron chi connectivity index (χ4n) is 8.03. The average molecular weight is 684 g/mol. The van der Waals surface area contributed by atoms with E-state index in [1.54, 1.807) is 0 Å². The van der Waals surface area contributed by atoms with Crippen molar-refractivity contribution in [3.63, 3.8) is 0 Å². The lowest BCUT2D eigenvalue weighted by molar-refractivity contribution is 1.18. The molecule has 0 saturated carbocycles. The third-order valence-electron chi connectivity index (χ3n) is 10.4. The molecule has 3 heterocycles. The van der Waals surface area contributed by atoms with Crippen LogP contribution in [0.2, 0.25) is 0 Å². The monoisotopic (exact) mass is 683 g/mol. The molecule has 51 heavy (non-hydrogen) atoms. The summed E-state index contributed by atoms with van der Waals surface area (Å²) >= 11 is 3.77. The van der Waals surface area contributed by atoms with Gasteiger partial charge in [-0.2, -0.15) is 0 Å². The van der Waals surface area contributed by atoms with Gasteiger partial charge in [-0.15, -0.1) is 22.7 Å². The molecule has 0 saturated heterocycles. The van der Waals surface area contributed by atoms with Gasteiger partial charge >= 0.3 is 0 Å². The summed E-state index contributed by atoms with van der Waals surface area (Å²) in [5, 5.41) is 7.84. The van der Waals surface area contributed by atoms with Crippen LogP contribution < -0.4 is 0 Å². The fourth-order valence-corrected chi connectivity index (χ4v) is 10.3. The number of hydrogen-bond acceptors (Lipinski definition) is 2. The van der Waals surface area contributed by atoms with Gasteiger partial charge in [-0.1, -0.05) is 127 Å². The summed E-state index contributed by atoms with van der Waals surface area (Å²) in [5.74, 6) is 0. The highest BCUT2D eigenvalue weighted by molar-refractivity contribution is 7.26. The van der Waals surface area contributed by atoms with Gasteiger partial charge in [0.15, 0.2) is 0 Å². The Morgan fingerprint density at radius 2 is 0.902 bits per heavy atom. The molecule has 0 unspecified atom stereocenters. The van der Waals surface area contributed by atoms with E-state index in [2.05, 4.69) is 180 Å². The molecule has 11 rings (SSSR count). The molecule has 11 aromatic rings. The molecule has 8 aromatic carbocycles. The average Bonchev–Trinajstić information content (AvgIpc) is 3.87. The zero-order valence-electron chi connectivity index (χ0n) is 27.5. The number of thiophene rings is 2. The highest BCUT2D eigenvalue weighted by atomic mass is 32.1. The summed E-state index contributed by atoms with van der Waals surface area (Å²) in [6.07, 6.45) is 0. The number of hydrogen-bond donors (Lipinski definition) is 0. The Hall–Kier alpha value is -6.00. The van der Waals surface area contributed by atoms with Crippen LogP contribution in [-0.2, 0) is 0 Å². The lowest BCUT2D eigenvalue weighted by Crippen LogP contribution is -1.95. The number of para-hydroxylation sites is 2. The molecule has 3 aromatic heterocycles. The van der Waals surface area contributed by atoms with Crippen molar-refractivity contribution in [3.8, 4) is 39.1 Å². The maximum absolute atomic E-state index is 2.46. The molecule has 0 amide bonds. The predicted octanol–water partition coefficient (Wildman–Crippen LogP) is 14.5. The van der Waals surface area contributed by atoms with Crippen LogP contribution >= 0.6 is 22.7 Å². The number of benzene rings is 8. The van der Waals surface area contributed by atoms with Gasteiger partial charge in [-0.25, -0.2) is 0 Å². The van der Waals surface area contributed by atoms with E-state index >= 15 is 0 Å². The summed E-state index contributed by atoms with van der Waals surface area (Å²) in [5.41, 5.74) is 11.1. The Bertz CT molecular complexity index is 3120. The molecule has 0 aliphatic rings. The van der Waals surface area contributed by atoms with E-state index in [0.717, 1.165) is 5.69 Å². The molecule has 0 bridgehead atoms. The first-order valence-corrected chi connectivity index (χ1v) is 19.0. The highest BCUT2D eigenvalue weighted by Crippen LogP contribution is 2.45. The number of fused-ring (bicyclic) bond motifs is 9. The number of nitrogens with zero attached hydrogens (tertiary/aromatic N) is 1.